The largest absolute Gasteiger partial charge is 0.370 e. The Morgan fingerprint density at radius 3 is 3.17 bits per heavy atom. The molecule has 0 radical (unpaired) electrons. The Bertz CT molecular complexity index is 704. The van der Waals surface area contributed by atoms with Gasteiger partial charge >= 0.3 is 0 Å². The second-order valence-corrected chi connectivity index (χ2v) is 6.41. The Balaban J connectivity index is 1.43. The van der Waals surface area contributed by atoms with Crippen molar-refractivity contribution in [2.75, 3.05) is 24.5 Å². The van der Waals surface area contributed by atoms with E-state index in [1.807, 2.05) is 10.6 Å². The number of hydrogen-bond donors (Lipinski definition) is 2. The van der Waals surface area contributed by atoms with E-state index in [1.165, 1.54) is 19.3 Å². The zero-order chi connectivity index (χ0) is 15.6. The zero-order valence-electron chi connectivity index (χ0n) is 13.1. The molecule has 23 heavy (non-hydrogen) atoms. The Hall–Kier alpha value is -2.38. The van der Waals surface area contributed by atoms with Gasteiger partial charge in [-0.15, -0.1) is 10.2 Å². The van der Waals surface area contributed by atoms with Crippen molar-refractivity contribution in [1.29, 1.82) is 0 Å². The van der Waals surface area contributed by atoms with Crippen molar-refractivity contribution in [3.8, 4) is 0 Å². The molecule has 8 heteroatoms. The average molecular weight is 314 g/mol. The minimum Gasteiger partial charge on any atom is -0.370 e. The van der Waals surface area contributed by atoms with Gasteiger partial charge in [-0.1, -0.05) is 0 Å². The molecule has 3 heterocycles. The van der Waals surface area contributed by atoms with Crippen LogP contribution in [-0.2, 0) is 0 Å². The molecular formula is C15H22N8. The lowest BCUT2D eigenvalue weighted by Gasteiger charge is -2.32. The Morgan fingerprint density at radius 2 is 2.30 bits per heavy atom. The third-order valence-corrected chi connectivity index (χ3v) is 4.46. The molecule has 2 aromatic rings. The molecular weight excluding hydrogens is 292 g/mol. The van der Waals surface area contributed by atoms with Crippen molar-refractivity contribution in [1.82, 2.24) is 24.9 Å². The van der Waals surface area contributed by atoms with Crippen LogP contribution in [-0.4, -0.2) is 51.2 Å². The molecule has 3 N–H and O–H groups in total. The molecule has 1 aliphatic heterocycles. The molecule has 1 aliphatic carbocycles. The smallest absolute Gasteiger partial charge is 0.203 e. The molecule has 0 bridgehead atoms. The summed E-state index contributed by atoms with van der Waals surface area (Å²) in [6.45, 7) is 2.69. The molecule has 1 atom stereocenters. The van der Waals surface area contributed by atoms with Gasteiger partial charge in [0.15, 0.2) is 11.8 Å². The normalized spacial score (nSPS) is 22.5. The number of aromatic nitrogens is 4. The average Bonchev–Trinajstić information content (AvgIpc) is 3.25. The first-order chi connectivity index (χ1) is 11.3. The second kappa shape index (κ2) is 6.02. The summed E-state index contributed by atoms with van der Waals surface area (Å²) < 4.78 is 1.90. The molecule has 2 fully saturated rings. The van der Waals surface area contributed by atoms with E-state index < -0.39 is 0 Å². The predicted molar refractivity (Wildman–Crippen MR) is 88.4 cm³/mol. The monoisotopic (exact) mass is 314 g/mol. The molecule has 8 nitrogen and oxygen atoms in total. The SMILES string of the molecule is NC(=NCC1CCCN(c2nccn3cnnc23)C1)NC1CC1. The van der Waals surface area contributed by atoms with E-state index in [1.54, 1.807) is 12.5 Å². The first kappa shape index (κ1) is 14.2. The lowest BCUT2D eigenvalue weighted by atomic mass is 9.98. The third kappa shape index (κ3) is 3.20. The van der Waals surface area contributed by atoms with Gasteiger partial charge in [-0.2, -0.15) is 0 Å². The van der Waals surface area contributed by atoms with E-state index in [-0.39, 0.29) is 0 Å². The van der Waals surface area contributed by atoms with Crippen LogP contribution in [0.1, 0.15) is 25.7 Å². The minimum atomic E-state index is 0.494. The number of rotatable bonds is 4. The number of nitrogens with two attached hydrogens (primary N) is 1. The summed E-state index contributed by atoms with van der Waals surface area (Å²) in [6, 6.07) is 0.552. The maximum atomic E-state index is 5.93. The summed E-state index contributed by atoms with van der Waals surface area (Å²) in [4.78, 5) is 11.3. The standard InChI is InChI=1S/C15H22N8/c16-15(20-12-3-4-12)18-8-11-2-1-6-22(9-11)13-14-21-19-10-23(14)7-5-17-13/h5,7,10-12H,1-4,6,8-9H2,(H3,16,18,20). The fraction of sp³-hybridized carbons (Fsp3) is 0.600. The number of piperidine rings is 1. The second-order valence-electron chi connectivity index (χ2n) is 6.41. The minimum absolute atomic E-state index is 0.494. The van der Waals surface area contributed by atoms with Crippen LogP contribution in [0.3, 0.4) is 0 Å². The molecule has 2 aromatic heterocycles. The van der Waals surface area contributed by atoms with Crippen molar-refractivity contribution in [2.45, 2.75) is 31.7 Å². The highest BCUT2D eigenvalue weighted by Crippen LogP contribution is 2.24. The highest BCUT2D eigenvalue weighted by atomic mass is 15.3. The van der Waals surface area contributed by atoms with Gasteiger partial charge in [0.25, 0.3) is 0 Å². The maximum absolute atomic E-state index is 5.93. The molecule has 2 aliphatic rings. The van der Waals surface area contributed by atoms with Crippen LogP contribution >= 0.6 is 0 Å². The van der Waals surface area contributed by atoms with Crippen LogP contribution in [0.2, 0.25) is 0 Å². The predicted octanol–water partition coefficient (Wildman–Crippen LogP) is 0.407. The molecule has 1 unspecified atom stereocenters. The van der Waals surface area contributed by atoms with Crippen LogP contribution in [0.4, 0.5) is 5.82 Å². The van der Waals surface area contributed by atoms with Crippen molar-refractivity contribution < 1.29 is 0 Å². The Labute approximate surface area is 134 Å². The van der Waals surface area contributed by atoms with Crippen LogP contribution < -0.4 is 16.0 Å². The number of hydrogen-bond acceptors (Lipinski definition) is 5. The zero-order valence-corrected chi connectivity index (χ0v) is 13.1. The van der Waals surface area contributed by atoms with Crippen LogP contribution in [0.5, 0.6) is 0 Å². The van der Waals surface area contributed by atoms with Gasteiger partial charge in [0, 0.05) is 38.1 Å². The summed E-state index contributed by atoms with van der Waals surface area (Å²) >= 11 is 0. The lowest BCUT2D eigenvalue weighted by Crippen LogP contribution is -2.38. The van der Waals surface area contributed by atoms with E-state index in [2.05, 4.69) is 30.4 Å². The van der Waals surface area contributed by atoms with Crippen LogP contribution in [0.25, 0.3) is 5.65 Å². The van der Waals surface area contributed by atoms with Gasteiger partial charge in [0.2, 0.25) is 5.65 Å². The lowest BCUT2D eigenvalue weighted by molar-refractivity contribution is 0.422. The highest BCUT2D eigenvalue weighted by molar-refractivity contribution is 5.78. The van der Waals surface area contributed by atoms with E-state index in [9.17, 15) is 0 Å². The summed E-state index contributed by atoms with van der Waals surface area (Å²) in [5, 5.41) is 11.4. The van der Waals surface area contributed by atoms with Gasteiger partial charge in [0.1, 0.15) is 6.33 Å². The van der Waals surface area contributed by atoms with Gasteiger partial charge in [0.05, 0.1) is 0 Å². The summed E-state index contributed by atoms with van der Waals surface area (Å²) in [5.74, 6) is 1.98. The van der Waals surface area contributed by atoms with Gasteiger partial charge in [-0.25, -0.2) is 4.98 Å². The van der Waals surface area contributed by atoms with Crippen molar-refractivity contribution in [3.63, 3.8) is 0 Å². The highest BCUT2D eigenvalue weighted by Gasteiger charge is 2.24. The molecule has 122 valence electrons. The van der Waals surface area contributed by atoms with Gasteiger partial charge < -0.3 is 16.0 Å². The van der Waals surface area contributed by atoms with Crippen LogP contribution in [0.15, 0.2) is 23.7 Å². The quantitative estimate of drug-likeness (QED) is 0.626. The third-order valence-electron chi connectivity index (χ3n) is 4.46. The Kier molecular flexibility index (Phi) is 3.72. The number of fused-ring (bicyclic) bond motifs is 1. The fourth-order valence-electron chi connectivity index (χ4n) is 3.08. The number of nitrogens with zero attached hydrogens (tertiary/aromatic N) is 6. The summed E-state index contributed by atoms with van der Waals surface area (Å²) in [5.41, 5.74) is 6.74. The molecule has 0 amide bonds. The Morgan fingerprint density at radius 1 is 1.39 bits per heavy atom. The number of aliphatic imine (C=N–C) groups is 1. The maximum Gasteiger partial charge on any atom is 0.203 e. The van der Waals surface area contributed by atoms with Gasteiger partial charge in [-0.3, -0.25) is 9.39 Å². The topological polar surface area (TPSA) is 96.7 Å². The van der Waals surface area contributed by atoms with Crippen molar-refractivity contribution >= 4 is 17.4 Å². The molecule has 4 rings (SSSR count). The fourth-order valence-corrected chi connectivity index (χ4v) is 3.08. The molecule has 1 saturated heterocycles. The van der Waals surface area contributed by atoms with Crippen molar-refractivity contribution in [3.05, 3.63) is 18.7 Å². The van der Waals surface area contributed by atoms with E-state index >= 15 is 0 Å². The summed E-state index contributed by atoms with van der Waals surface area (Å²) in [6.07, 6.45) is 10.1. The van der Waals surface area contributed by atoms with Crippen LogP contribution in [0, 0.1) is 5.92 Å². The first-order valence-corrected chi connectivity index (χ1v) is 8.25. The summed E-state index contributed by atoms with van der Waals surface area (Å²) in [7, 11) is 0. The molecule has 0 spiro atoms. The number of guanidine groups is 1. The van der Waals surface area contributed by atoms with Gasteiger partial charge in [-0.05, 0) is 31.6 Å². The molecule has 0 aromatic carbocycles. The van der Waals surface area contributed by atoms with Crippen molar-refractivity contribution in [2.24, 2.45) is 16.6 Å². The van der Waals surface area contributed by atoms with E-state index in [0.717, 1.165) is 37.5 Å². The molecule has 1 saturated carbocycles. The number of anilines is 1. The van der Waals surface area contributed by atoms with E-state index in [0.29, 0.717) is 17.9 Å². The first-order valence-electron chi connectivity index (χ1n) is 8.25. The van der Waals surface area contributed by atoms with E-state index in [4.69, 9.17) is 5.73 Å². The number of nitrogens with one attached hydrogen (secondary N) is 1.